The molecule has 1 aromatic rings. The van der Waals surface area contributed by atoms with Crippen LogP contribution in [0.15, 0.2) is 29.2 Å². The van der Waals surface area contributed by atoms with Crippen molar-refractivity contribution in [3.05, 3.63) is 34.7 Å². The van der Waals surface area contributed by atoms with Gasteiger partial charge in [-0.3, -0.25) is 19.8 Å². The van der Waals surface area contributed by atoms with Crippen LogP contribution >= 0.6 is 24.2 Å². The van der Waals surface area contributed by atoms with E-state index in [1.54, 1.807) is 0 Å². The quantitative estimate of drug-likeness (QED) is 0.757. The smallest absolute Gasteiger partial charge is 0.290 e. The van der Waals surface area contributed by atoms with Gasteiger partial charge in [0.2, 0.25) is 0 Å². The first-order chi connectivity index (χ1) is 11.7. The Bertz CT molecular complexity index is 660. The second kappa shape index (κ2) is 9.24. The Kier molecular flexibility index (Phi) is 7.31. The van der Waals surface area contributed by atoms with Crippen molar-refractivity contribution in [3.8, 4) is 0 Å². The first kappa shape index (κ1) is 19.8. The van der Waals surface area contributed by atoms with E-state index in [2.05, 4.69) is 26.5 Å². The molecule has 25 heavy (non-hydrogen) atoms. The average molecular weight is 383 g/mol. The highest BCUT2D eigenvalue weighted by Crippen LogP contribution is 2.30. The summed E-state index contributed by atoms with van der Waals surface area (Å²) in [5.74, 6) is -0.309. The Morgan fingerprint density at radius 1 is 1.20 bits per heavy atom. The number of benzene rings is 1. The fourth-order valence-corrected chi connectivity index (χ4v) is 3.62. The molecule has 0 atom stereocenters. The number of halogens is 1. The summed E-state index contributed by atoms with van der Waals surface area (Å²) in [6.07, 6.45) is 1.81. The van der Waals surface area contributed by atoms with Crippen molar-refractivity contribution in [3.63, 3.8) is 0 Å². The van der Waals surface area contributed by atoms with Crippen LogP contribution in [0.3, 0.4) is 0 Å². The van der Waals surface area contributed by atoms with Crippen molar-refractivity contribution in [2.75, 3.05) is 51.2 Å². The molecule has 1 aromatic carbocycles. The molecule has 2 fully saturated rings. The number of carbonyl (C=O) groups excluding carboxylic acids is 2. The molecule has 0 saturated carbocycles. The number of para-hydroxylation sites is 1. The zero-order valence-corrected chi connectivity index (χ0v) is 15.8. The van der Waals surface area contributed by atoms with Gasteiger partial charge in [0.15, 0.2) is 0 Å². The van der Waals surface area contributed by atoms with Crippen molar-refractivity contribution in [2.24, 2.45) is 0 Å². The molecule has 0 spiro atoms. The van der Waals surface area contributed by atoms with Gasteiger partial charge in [0, 0.05) is 45.0 Å². The lowest BCUT2D eigenvalue weighted by atomic mass is 10.1. The van der Waals surface area contributed by atoms with Crippen LogP contribution in [-0.2, 0) is 4.79 Å². The Morgan fingerprint density at radius 2 is 1.92 bits per heavy atom. The predicted octanol–water partition coefficient (Wildman–Crippen LogP) is 1.77. The summed E-state index contributed by atoms with van der Waals surface area (Å²) in [6.45, 7) is 6.04. The standard InChI is InChI=1S/C17H22N4O2S.ClH/c1-18-6-7-20-8-10-21(11-9-20)14-5-3-2-4-13(14)12-15-16(22)19-17(23)24-15;/h2-5,12,18H,6-11H2,1H3,(H,19,22,23);1H/b15-12-;. The number of nitrogens with zero attached hydrogens (tertiary/aromatic N) is 2. The maximum Gasteiger partial charge on any atom is 0.290 e. The molecule has 0 unspecified atom stereocenters. The largest absolute Gasteiger partial charge is 0.368 e. The van der Waals surface area contributed by atoms with Gasteiger partial charge in [0.25, 0.3) is 11.1 Å². The summed E-state index contributed by atoms with van der Waals surface area (Å²) in [5, 5.41) is 5.18. The first-order valence-electron chi connectivity index (χ1n) is 8.13. The minimum Gasteiger partial charge on any atom is -0.368 e. The molecule has 136 valence electrons. The number of hydrogen-bond acceptors (Lipinski definition) is 6. The normalized spacial score (nSPS) is 19.9. The Balaban J connectivity index is 0.00000225. The summed E-state index contributed by atoms with van der Waals surface area (Å²) < 4.78 is 0. The van der Waals surface area contributed by atoms with Crippen LogP contribution in [0, 0.1) is 0 Å². The van der Waals surface area contributed by atoms with Crippen molar-refractivity contribution >= 4 is 47.1 Å². The molecule has 2 N–H and O–H groups in total. The lowest BCUT2D eigenvalue weighted by Gasteiger charge is -2.36. The van der Waals surface area contributed by atoms with Crippen LogP contribution in [0.2, 0.25) is 0 Å². The summed E-state index contributed by atoms with van der Waals surface area (Å²) in [6, 6.07) is 8.04. The van der Waals surface area contributed by atoms with Gasteiger partial charge in [0.1, 0.15) is 0 Å². The number of rotatable bonds is 5. The van der Waals surface area contributed by atoms with E-state index >= 15 is 0 Å². The number of hydrogen-bond donors (Lipinski definition) is 2. The summed E-state index contributed by atoms with van der Waals surface area (Å²) in [5.41, 5.74) is 2.10. The molecule has 8 heteroatoms. The van der Waals surface area contributed by atoms with Crippen molar-refractivity contribution < 1.29 is 9.59 Å². The summed E-state index contributed by atoms with van der Waals surface area (Å²) in [7, 11) is 1.97. The highest BCUT2D eigenvalue weighted by molar-refractivity contribution is 8.18. The fourth-order valence-electron chi connectivity index (χ4n) is 2.94. The zero-order valence-electron chi connectivity index (χ0n) is 14.2. The second-order valence-corrected chi connectivity index (χ2v) is 6.86. The number of amides is 2. The SMILES string of the molecule is CNCCN1CCN(c2ccccc2/C=C2\SC(=O)NC2=O)CC1.Cl. The third-order valence-corrected chi connectivity index (χ3v) is 5.07. The first-order valence-corrected chi connectivity index (χ1v) is 8.95. The molecular weight excluding hydrogens is 360 g/mol. The average Bonchev–Trinajstić information content (AvgIpc) is 2.91. The number of anilines is 1. The molecule has 6 nitrogen and oxygen atoms in total. The number of piperazine rings is 1. The molecule has 0 bridgehead atoms. The number of likely N-dealkylation sites (N-methyl/N-ethyl adjacent to an activating group) is 1. The van der Waals surface area contributed by atoms with E-state index in [0.717, 1.165) is 62.3 Å². The van der Waals surface area contributed by atoms with Crippen LogP contribution in [0.25, 0.3) is 6.08 Å². The van der Waals surface area contributed by atoms with Gasteiger partial charge in [-0.25, -0.2) is 0 Å². The molecule has 2 saturated heterocycles. The van der Waals surface area contributed by atoms with Crippen LogP contribution in [0.1, 0.15) is 5.56 Å². The van der Waals surface area contributed by atoms with Crippen LogP contribution in [0.4, 0.5) is 10.5 Å². The second-order valence-electron chi connectivity index (χ2n) is 5.84. The zero-order chi connectivity index (χ0) is 16.9. The minimum atomic E-state index is -0.309. The maximum absolute atomic E-state index is 11.8. The number of nitrogens with one attached hydrogen (secondary N) is 2. The molecule has 3 rings (SSSR count). The Morgan fingerprint density at radius 3 is 2.56 bits per heavy atom. The van der Waals surface area contributed by atoms with E-state index in [9.17, 15) is 9.59 Å². The van der Waals surface area contributed by atoms with Gasteiger partial charge in [-0.05, 0) is 36.5 Å². The number of carbonyl (C=O) groups is 2. The minimum absolute atomic E-state index is 0. The predicted molar refractivity (Wildman–Crippen MR) is 105 cm³/mol. The van der Waals surface area contributed by atoms with Gasteiger partial charge in [-0.15, -0.1) is 12.4 Å². The van der Waals surface area contributed by atoms with Crippen molar-refractivity contribution in [1.29, 1.82) is 0 Å². The molecule has 2 aliphatic heterocycles. The van der Waals surface area contributed by atoms with Crippen LogP contribution < -0.4 is 15.5 Å². The highest BCUT2D eigenvalue weighted by Gasteiger charge is 2.26. The molecule has 0 radical (unpaired) electrons. The third-order valence-electron chi connectivity index (χ3n) is 4.26. The van der Waals surface area contributed by atoms with Gasteiger partial charge in [-0.1, -0.05) is 18.2 Å². The topological polar surface area (TPSA) is 64.7 Å². The van der Waals surface area contributed by atoms with Crippen LogP contribution in [0.5, 0.6) is 0 Å². The number of thioether (sulfide) groups is 1. The van der Waals surface area contributed by atoms with Crippen LogP contribution in [-0.4, -0.2) is 62.4 Å². The lowest BCUT2D eigenvalue weighted by Crippen LogP contribution is -2.48. The summed E-state index contributed by atoms with van der Waals surface area (Å²) >= 11 is 0.961. The molecule has 0 aromatic heterocycles. The van der Waals surface area contributed by atoms with Gasteiger partial charge >= 0.3 is 0 Å². The molecule has 2 aliphatic rings. The van der Waals surface area contributed by atoms with Crippen molar-refractivity contribution in [2.45, 2.75) is 0 Å². The lowest BCUT2D eigenvalue weighted by molar-refractivity contribution is -0.115. The molecule has 2 amide bonds. The van der Waals surface area contributed by atoms with Crippen molar-refractivity contribution in [1.82, 2.24) is 15.5 Å². The Labute approximate surface area is 158 Å². The molecule has 2 heterocycles. The van der Waals surface area contributed by atoms with E-state index in [1.807, 2.05) is 31.3 Å². The van der Waals surface area contributed by atoms with Gasteiger partial charge in [0.05, 0.1) is 4.91 Å². The van der Waals surface area contributed by atoms with Gasteiger partial charge in [-0.2, -0.15) is 0 Å². The fraction of sp³-hybridized carbons (Fsp3) is 0.412. The van der Waals surface area contributed by atoms with Gasteiger partial charge < -0.3 is 10.2 Å². The van der Waals surface area contributed by atoms with E-state index < -0.39 is 0 Å². The molecule has 0 aliphatic carbocycles. The maximum atomic E-state index is 11.8. The van der Waals surface area contributed by atoms with E-state index in [1.165, 1.54) is 0 Å². The molecular formula is C17H23ClN4O2S. The monoisotopic (exact) mass is 382 g/mol. The summed E-state index contributed by atoms with van der Waals surface area (Å²) in [4.78, 5) is 28.4. The Hall–Kier alpha value is -1.54. The van der Waals surface area contributed by atoms with E-state index in [-0.39, 0.29) is 23.6 Å². The van der Waals surface area contributed by atoms with E-state index in [4.69, 9.17) is 0 Å². The highest BCUT2D eigenvalue weighted by atomic mass is 35.5. The third kappa shape index (κ3) is 4.98. The van der Waals surface area contributed by atoms with E-state index in [0.29, 0.717) is 4.91 Å². The number of imide groups is 1.